The summed E-state index contributed by atoms with van der Waals surface area (Å²) >= 11 is 1.28. The molecule has 0 atom stereocenters. The third kappa shape index (κ3) is 2.62. The first kappa shape index (κ1) is 12.4. The summed E-state index contributed by atoms with van der Waals surface area (Å²) in [5.41, 5.74) is 5.50. The van der Waals surface area contributed by atoms with Gasteiger partial charge in [0.15, 0.2) is 16.5 Å². The lowest BCUT2D eigenvalue weighted by Crippen LogP contribution is -1.99. The lowest BCUT2D eigenvalue weighted by atomic mass is 10.3. The van der Waals surface area contributed by atoms with Gasteiger partial charge in [-0.25, -0.2) is 0 Å². The summed E-state index contributed by atoms with van der Waals surface area (Å²) in [5, 5.41) is 8.71. The lowest BCUT2D eigenvalue weighted by Gasteiger charge is -2.12. The second-order valence-corrected chi connectivity index (χ2v) is 4.41. The number of benzene rings is 1. The predicted octanol–water partition coefficient (Wildman–Crippen LogP) is 1.72. The molecule has 1 aromatic carbocycles. The molecule has 0 aliphatic carbocycles. The van der Waals surface area contributed by atoms with Crippen molar-refractivity contribution in [3.63, 3.8) is 0 Å². The number of nitrogen functional groups attached to an aromatic ring is 1. The van der Waals surface area contributed by atoms with Crippen molar-refractivity contribution in [3.8, 4) is 17.2 Å². The standard InChI is InChI=1S/C11H13N3O3S/c1-15-7-4-3-5-8(16-2)10(7)17-6-9-13-14-11(12)18-9/h3-5H,6H2,1-2H3,(H2,12,14). The van der Waals surface area contributed by atoms with Crippen LogP contribution >= 0.6 is 11.3 Å². The number of anilines is 1. The molecule has 0 aliphatic heterocycles. The highest BCUT2D eigenvalue weighted by atomic mass is 32.1. The quantitative estimate of drug-likeness (QED) is 0.888. The fraction of sp³-hybridized carbons (Fsp3) is 0.273. The van der Waals surface area contributed by atoms with Crippen molar-refractivity contribution in [3.05, 3.63) is 23.2 Å². The smallest absolute Gasteiger partial charge is 0.203 e. The Bertz CT molecular complexity index is 508. The Kier molecular flexibility index (Phi) is 3.83. The Morgan fingerprint density at radius 3 is 2.33 bits per heavy atom. The van der Waals surface area contributed by atoms with Crippen LogP contribution in [0.3, 0.4) is 0 Å². The lowest BCUT2D eigenvalue weighted by molar-refractivity contribution is 0.265. The average molecular weight is 267 g/mol. The number of hydrogen-bond acceptors (Lipinski definition) is 7. The highest BCUT2D eigenvalue weighted by Gasteiger charge is 2.12. The van der Waals surface area contributed by atoms with Crippen molar-refractivity contribution in [1.29, 1.82) is 0 Å². The van der Waals surface area contributed by atoms with E-state index < -0.39 is 0 Å². The number of hydrogen-bond donors (Lipinski definition) is 1. The molecule has 0 saturated carbocycles. The van der Waals surface area contributed by atoms with Gasteiger partial charge in [-0.15, -0.1) is 10.2 Å². The summed E-state index contributed by atoms with van der Waals surface area (Å²) in [4.78, 5) is 0. The SMILES string of the molecule is COc1cccc(OC)c1OCc1nnc(N)s1. The van der Waals surface area contributed by atoms with Crippen LogP contribution in [0.4, 0.5) is 5.13 Å². The highest BCUT2D eigenvalue weighted by Crippen LogP contribution is 2.37. The second-order valence-electron chi connectivity index (χ2n) is 3.31. The van der Waals surface area contributed by atoms with Gasteiger partial charge in [0.25, 0.3) is 0 Å². The van der Waals surface area contributed by atoms with Gasteiger partial charge < -0.3 is 19.9 Å². The van der Waals surface area contributed by atoms with Gasteiger partial charge in [-0.3, -0.25) is 0 Å². The van der Waals surface area contributed by atoms with Gasteiger partial charge in [-0.2, -0.15) is 0 Å². The molecule has 0 radical (unpaired) electrons. The van der Waals surface area contributed by atoms with E-state index in [0.717, 1.165) is 0 Å². The molecule has 2 aromatic rings. The molecule has 96 valence electrons. The largest absolute Gasteiger partial charge is 0.493 e. The fourth-order valence-electron chi connectivity index (χ4n) is 1.42. The number of nitrogens with two attached hydrogens (primary N) is 1. The Hall–Kier alpha value is -2.02. The molecule has 0 bridgehead atoms. The van der Waals surface area contributed by atoms with Crippen LogP contribution in [-0.4, -0.2) is 24.4 Å². The molecule has 0 amide bonds. The van der Waals surface area contributed by atoms with Crippen LogP contribution in [-0.2, 0) is 6.61 Å². The zero-order chi connectivity index (χ0) is 13.0. The molecule has 2 rings (SSSR count). The molecule has 2 N–H and O–H groups in total. The molecule has 0 fully saturated rings. The number of ether oxygens (including phenoxy) is 3. The Labute approximate surface area is 108 Å². The Morgan fingerprint density at radius 2 is 1.83 bits per heavy atom. The van der Waals surface area contributed by atoms with E-state index in [1.165, 1.54) is 11.3 Å². The first-order valence-corrected chi connectivity index (χ1v) is 5.98. The number of methoxy groups -OCH3 is 2. The van der Waals surface area contributed by atoms with E-state index in [0.29, 0.717) is 27.4 Å². The van der Waals surface area contributed by atoms with Gasteiger partial charge in [-0.05, 0) is 12.1 Å². The van der Waals surface area contributed by atoms with Crippen LogP contribution in [0.15, 0.2) is 18.2 Å². The summed E-state index contributed by atoms with van der Waals surface area (Å²) in [6, 6.07) is 5.42. The zero-order valence-corrected chi connectivity index (χ0v) is 10.9. The first-order chi connectivity index (χ1) is 8.74. The summed E-state index contributed by atoms with van der Waals surface area (Å²) in [7, 11) is 3.15. The van der Waals surface area contributed by atoms with E-state index in [9.17, 15) is 0 Å². The minimum Gasteiger partial charge on any atom is -0.493 e. The molecule has 0 spiro atoms. The molecule has 18 heavy (non-hydrogen) atoms. The van der Waals surface area contributed by atoms with Crippen molar-refractivity contribution in [2.24, 2.45) is 0 Å². The van der Waals surface area contributed by atoms with E-state index >= 15 is 0 Å². The second kappa shape index (κ2) is 5.54. The van der Waals surface area contributed by atoms with Crippen LogP contribution in [0.2, 0.25) is 0 Å². The number of nitrogens with zero attached hydrogens (tertiary/aromatic N) is 2. The third-order valence-electron chi connectivity index (χ3n) is 2.21. The van der Waals surface area contributed by atoms with E-state index in [2.05, 4.69) is 10.2 Å². The van der Waals surface area contributed by atoms with Crippen LogP contribution in [0.1, 0.15) is 5.01 Å². The van der Waals surface area contributed by atoms with Crippen LogP contribution in [0, 0.1) is 0 Å². The third-order valence-corrected chi connectivity index (χ3v) is 2.93. The van der Waals surface area contributed by atoms with Crippen molar-refractivity contribution >= 4 is 16.5 Å². The summed E-state index contributed by atoms with van der Waals surface area (Å²) in [6.07, 6.45) is 0. The van der Waals surface area contributed by atoms with E-state index in [1.807, 2.05) is 6.07 Å². The van der Waals surface area contributed by atoms with Crippen LogP contribution in [0.25, 0.3) is 0 Å². The first-order valence-electron chi connectivity index (χ1n) is 5.16. The van der Waals surface area contributed by atoms with Gasteiger partial charge in [-0.1, -0.05) is 17.4 Å². The molecular weight excluding hydrogens is 254 g/mol. The molecule has 0 unspecified atom stereocenters. The van der Waals surface area contributed by atoms with Gasteiger partial charge in [0.1, 0.15) is 6.61 Å². The molecule has 6 nitrogen and oxygen atoms in total. The predicted molar refractivity (Wildman–Crippen MR) is 68.2 cm³/mol. The molecule has 0 aliphatic rings. The topological polar surface area (TPSA) is 79.5 Å². The summed E-state index contributed by atoms with van der Waals surface area (Å²) in [6.45, 7) is 0.269. The van der Waals surface area contributed by atoms with Crippen molar-refractivity contribution in [2.75, 3.05) is 20.0 Å². The maximum absolute atomic E-state index is 5.65. The zero-order valence-electron chi connectivity index (χ0n) is 10.0. The average Bonchev–Trinajstić information content (AvgIpc) is 2.81. The van der Waals surface area contributed by atoms with Crippen molar-refractivity contribution in [2.45, 2.75) is 6.61 Å². The number of aromatic nitrogens is 2. The Balaban J connectivity index is 2.17. The minimum atomic E-state index is 0.269. The van der Waals surface area contributed by atoms with Crippen molar-refractivity contribution < 1.29 is 14.2 Å². The maximum atomic E-state index is 5.65. The number of rotatable bonds is 5. The molecule has 1 heterocycles. The van der Waals surface area contributed by atoms with Crippen LogP contribution in [0.5, 0.6) is 17.2 Å². The van der Waals surface area contributed by atoms with Gasteiger partial charge >= 0.3 is 0 Å². The minimum absolute atomic E-state index is 0.269. The maximum Gasteiger partial charge on any atom is 0.203 e. The van der Waals surface area contributed by atoms with E-state index in [1.54, 1.807) is 26.4 Å². The van der Waals surface area contributed by atoms with Gasteiger partial charge in [0.2, 0.25) is 10.9 Å². The fourth-order valence-corrected chi connectivity index (χ4v) is 1.94. The normalized spacial score (nSPS) is 10.1. The molecule has 7 heteroatoms. The van der Waals surface area contributed by atoms with Gasteiger partial charge in [0.05, 0.1) is 14.2 Å². The molecular formula is C11H13N3O3S. The molecule has 1 aromatic heterocycles. The summed E-state index contributed by atoms with van der Waals surface area (Å²) in [5.74, 6) is 1.75. The van der Waals surface area contributed by atoms with Crippen molar-refractivity contribution in [1.82, 2.24) is 10.2 Å². The van der Waals surface area contributed by atoms with Crippen LogP contribution < -0.4 is 19.9 Å². The highest BCUT2D eigenvalue weighted by molar-refractivity contribution is 7.15. The number of para-hydroxylation sites is 1. The summed E-state index contributed by atoms with van der Waals surface area (Å²) < 4.78 is 16.1. The van der Waals surface area contributed by atoms with E-state index in [4.69, 9.17) is 19.9 Å². The monoisotopic (exact) mass is 267 g/mol. The van der Waals surface area contributed by atoms with Gasteiger partial charge in [0, 0.05) is 0 Å². The van der Waals surface area contributed by atoms with E-state index in [-0.39, 0.29) is 6.61 Å². The molecule has 0 saturated heterocycles. The Morgan fingerprint density at radius 1 is 1.17 bits per heavy atom.